The number of hydrogen-bond donors (Lipinski definition) is 0. The molecule has 0 saturated heterocycles. The smallest absolute Gasteiger partial charge is 0.233 e. The molecule has 1 fully saturated rings. The molecule has 1 heterocycles. The minimum absolute atomic E-state index is 0.0113. The van der Waals surface area contributed by atoms with Crippen LogP contribution in [0.2, 0.25) is 0 Å². The number of halogens is 1. The SMILES string of the molecule is CC(c1ccc(F)cc1)N(C)C(=O)CSc1nncn1C1CC1. The first kappa shape index (κ1) is 16.0. The summed E-state index contributed by atoms with van der Waals surface area (Å²) >= 11 is 1.41. The summed E-state index contributed by atoms with van der Waals surface area (Å²) in [5, 5.41) is 8.81. The molecular formula is C16H19FN4OS. The lowest BCUT2D eigenvalue weighted by Gasteiger charge is -2.25. The molecule has 1 aromatic heterocycles. The molecule has 1 saturated carbocycles. The predicted molar refractivity (Wildman–Crippen MR) is 86.6 cm³/mol. The van der Waals surface area contributed by atoms with Crippen LogP contribution in [0.5, 0.6) is 0 Å². The number of hydrogen-bond acceptors (Lipinski definition) is 4. The lowest BCUT2D eigenvalue weighted by molar-refractivity contribution is -0.128. The molecule has 0 bridgehead atoms. The monoisotopic (exact) mass is 334 g/mol. The molecule has 1 atom stereocenters. The molecule has 1 unspecified atom stereocenters. The fourth-order valence-corrected chi connectivity index (χ4v) is 3.25. The Morgan fingerprint density at radius 1 is 1.43 bits per heavy atom. The van der Waals surface area contributed by atoms with Crippen molar-refractivity contribution in [2.75, 3.05) is 12.8 Å². The van der Waals surface area contributed by atoms with E-state index in [1.54, 1.807) is 30.4 Å². The van der Waals surface area contributed by atoms with E-state index in [9.17, 15) is 9.18 Å². The standard InChI is InChI=1S/C16H19FN4OS/c1-11(12-3-5-13(17)6-4-12)20(2)15(22)9-23-16-19-18-10-21(16)14-7-8-14/h3-6,10-11,14H,7-9H2,1-2H3. The summed E-state index contributed by atoms with van der Waals surface area (Å²) in [7, 11) is 1.77. The maximum absolute atomic E-state index is 13.0. The van der Waals surface area contributed by atoms with Gasteiger partial charge in [0.15, 0.2) is 5.16 Å². The summed E-state index contributed by atoms with van der Waals surface area (Å²) in [6.07, 6.45) is 4.04. The molecule has 1 amide bonds. The largest absolute Gasteiger partial charge is 0.338 e. The highest BCUT2D eigenvalue weighted by molar-refractivity contribution is 7.99. The number of carbonyl (C=O) groups is 1. The predicted octanol–water partition coefficient (Wildman–Crippen LogP) is 3.06. The Labute approximate surface area is 138 Å². The van der Waals surface area contributed by atoms with E-state index in [1.165, 1.54) is 23.9 Å². The second kappa shape index (κ2) is 6.70. The van der Waals surface area contributed by atoms with Crippen LogP contribution in [-0.2, 0) is 4.79 Å². The number of rotatable bonds is 6. The molecule has 3 rings (SSSR count). The Morgan fingerprint density at radius 2 is 2.13 bits per heavy atom. The molecule has 0 aliphatic heterocycles. The lowest BCUT2D eigenvalue weighted by atomic mass is 10.1. The second-order valence-corrected chi connectivity index (χ2v) is 6.72. The van der Waals surface area contributed by atoms with Gasteiger partial charge in [-0.1, -0.05) is 23.9 Å². The maximum Gasteiger partial charge on any atom is 0.233 e. The van der Waals surface area contributed by atoms with Gasteiger partial charge in [-0.2, -0.15) is 0 Å². The van der Waals surface area contributed by atoms with Crippen LogP contribution in [0.15, 0.2) is 35.7 Å². The quantitative estimate of drug-likeness (QED) is 0.762. The Bertz CT molecular complexity index is 684. The fraction of sp³-hybridized carbons (Fsp3) is 0.438. The summed E-state index contributed by atoms with van der Waals surface area (Å²) < 4.78 is 15.0. The van der Waals surface area contributed by atoms with E-state index in [-0.39, 0.29) is 17.8 Å². The topological polar surface area (TPSA) is 51.0 Å². The van der Waals surface area contributed by atoms with Gasteiger partial charge >= 0.3 is 0 Å². The number of carbonyl (C=O) groups excluding carboxylic acids is 1. The van der Waals surface area contributed by atoms with Crippen molar-refractivity contribution in [3.8, 4) is 0 Å². The molecule has 5 nitrogen and oxygen atoms in total. The molecule has 1 aliphatic carbocycles. The summed E-state index contributed by atoms with van der Waals surface area (Å²) in [6, 6.07) is 6.64. The molecule has 0 spiro atoms. The van der Waals surface area contributed by atoms with Crippen molar-refractivity contribution in [3.05, 3.63) is 42.0 Å². The van der Waals surface area contributed by atoms with E-state index >= 15 is 0 Å². The van der Waals surface area contributed by atoms with Crippen LogP contribution in [0, 0.1) is 5.82 Å². The van der Waals surface area contributed by atoms with Crippen molar-refractivity contribution < 1.29 is 9.18 Å². The van der Waals surface area contributed by atoms with Crippen molar-refractivity contribution in [1.29, 1.82) is 0 Å². The van der Waals surface area contributed by atoms with Gasteiger partial charge in [0.2, 0.25) is 5.91 Å². The second-order valence-electron chi connectivity index (χ2n) is 5.77. The van der Waals surface area contributed by atoms with Crippen LogP contribution in [0.4, 0.5) is 4.39 Å². The maximum atomic E-state index is 13.0. The number of nitrogens with zero attached hydrogens (tertiary/aromatic N) is 4. The van der Waals surface area contributed by atoms with Crippen LogP contribution >= 0.6 is 11.8 Å². The molecule has 7 heteroatoms. The minimum atomic E-state index is -0.273. The molecule has 122 valence electrons. The first-order valence-electron chi connectivity index (χ1n) is 7.59. The van der Waals surface area contributed by atoms with Gasteiger partial charge in [-0.25, -0.2) is 4.39 Å². The zero-order valence-electron chi connectivity index (χ0n) is 13.1. The highest BCUT2D eigenvalue weighted by atomic mass is 32.2. The molecular weight excluding hydrogens is 315 g/mol. The summed E-state index contributed by atoms with van der Waals surface area (Å²) in [5.74, 6) is 0.0510. The lowest BCUT2D eigenvalue weighted by Crippen LogP contribution is -2.31. The van der Waals surface area contributed by atoms with Gasteiger partial charge in [0.05, 0.1) is 11.8 Å². The van der Waals surface area contributed by atoms with E-state index in [0.717, 1.165) is 23.6 Å². The number of thioether (sulfide) groups is 1. The fourth-order valence-electron chi connectivity index (χ4n) is 2.35. The minimum Gasteiger partial charge on any atom is -0.338 e. The Morgan fingerprint density at radius 3 is 2.78 bits per heavy atom. The summed E-state index contributed by atoms with van der Waals surface area (Å²) in [5.41, 5.74) is 0.911. The van der Waals surface area contributed by atoms with Gasteiger partial charge in [-0.05, 0) is 37.5 Å². The van der Waals surface area contributed by atoms with E-state index in [1.807, 2.05) is 11.5 Å². The molecule has 2 aromatic rings. The van der Waals surface area contributed by atoms with E-state index < -0.39 is 0 Å². The van der Waals surface area contributed by atoms with Crippen LogP contribution < -0.4 is 0 Å². The van der Waals surface area contributed by atoms with Crippen molar-refractivity contribution in [3.63, 3.8) is 0 Å². The van der Waals surface area contributed by atoms with Gasteiger partial charge in [0, 0.05) is 13.1 Å². The highest BCUT2D eigenvalue weighted by Gasteiger charge is 2.27. The van der Waals surface area contributed by atoms with Gasteiger partial charge in [0.1, 0.15) is 12.1 Å². The molecule has 0 N–H and O–H groups in total. The Hall–Kier alpha value is -1.89. The number of aromatic nitrogens is 3. The highest BCUT2D eigenvalue weighted by Crippen LogP contribution is 2.37. The summed E-state index contributed by atoms with van der Waals surface area (Å²) in [4.78, 5) is 14.1. The van der Waals surface area contributed by atoms with Crippen molar-refractivity contribution >= 4 is 17.7 Å². The average molecular weight is 334 g/mol. The van der Waals surface area contributed by atoms with Gasteiger partial charge in [0.25, 0.3) is 0 Å². The van der Waals surface area contributed by atoms with Crippen molar-refractivity contribution in [2.45, 2.75) is 37.0 Å². The van der Waals surface area contributed by atoms with Gasteiger partial charge < -0.3 is 9.47 Å². The molecule has 23 heavy (non-hydrogen) atoms. The third-order valence-corrected chi connectivity index (χ3v) is 5.07. The molecule has 1 aliphatic rings. The zero-order valence-corrected chi connectivity index (χ0v) is 14.0. The third-order valence-electron chi connectivity index (χ3n) is 4.13. The van der Waals surface area contributed by atoms with Crippen LogP contribution in [0.25, 0.3) is 0 Å². The van der Waals surface area contributed by atoms with Crippen molar-refractivity contribution in [2.24, 2.45) is 0 Å². The number of benzene rings is 1. The van der Waals surface area contributed by atoms with Crippen molar-refractivity contribution in [1.82, 2.24) is 19.7 Å². The first-order valence-corrected chi connectivity index (χ1v) is 8.58. The molecule has 0 radical (unpaired) electrons. The average Bonchev–Trinajstić information content (AvgIpc) is 3.30. The Balaban J connectivity index is 1.58. The zero-order chi connectivity index (χ0) is 16.4. The van der Waals surface area contributed by atoms with Crippen LogP contribution in [-0.4, -0.2) is 38.4 Å². The van der Waals surface area contributed by atoms with Gasteiger partial charge in [-0.15, -0.1) is 10.2 Å². The first-order chi connectivity index (χ1) is 11.1. The Kier molecular flexibility index (Phi) is 4.66. The van der Waals surface area contributed by atoms with Gasteiger partial charge in [-0.3, -0.25) is 4.79 Å². The normalized spacial score (nSPS) is 15.4. The third kappa shape index (κ3) is 3.72. The van der Waals surface area contributed by atoms with Crippen LogP contribution in [0.3, 0.4) is 0 Å². The summed E-state index contributed by atoms with van der Waals surface area (Å²) in [6.45, 7) is 1.93. The van der Waals surface area contributed by atoms with Crippen LogP contribution in [0.1, 0.15) is 37.4 Å². The van der Waals surface area contributed by atoms with E-state index in [2.05, 4.69) is 10.2 Å². The molecule has 1 aromatic carbocycles. The van der Waals surface area contributed by atoms with E-state index in [0.29, 0.717) is 11.8 Å². The number of amides is 1. The van der Waals surface area contributed by atoms with E-state index in [4.69, 9.17) is 0 Å².